The summed E-state index contributed by atoms with van der Waals surface area (Å²) < 4.78 is 0. The van der Waals surface area contributed by atoms with E-state index in [1.165, 1.54) is 11.3 Å². The lowest BCUT2D eigenvalue weighted by atomic mass is 10.0. The summed E-state index contributed by atoms with van der Waals surface area (Å²) in [5.74, 6) is 0.0783. The molecule has 4 heteroatoms. The zero-order valence-corrected chi connectivity index (χ0v) is 11.1. The van der Waals surface area contributed by atoms with Crippen molar-refractivity contribution in [3.8, 4) is 10.4 Å². The summed E-state index contributed by atoms with van der Waals surface area (Å²) in [6.45, 7) is 3.76. The lowest BCUT2D eigenvalue weighted by Gasteiger charge is -2.05. The second-order valence-corrected chi connectivity index (χ2v) is 5.24. The monoisotopic (exact) mass is 259 g/mol. The van der Waals surface area contributed by atoms with Gasteiger partial charge in [0.15, 0.2) is 5.78 Å². The van der Waals surface area contributed by atoms with Gasteiger partial charge in [0.1, 0.15) is 6.54 Å². The van der Waals surface area contributed by atoms with Crippen molar-refractivity contribution in [1.29, 1.82) is 0 Å². The number of hydrogen-bond donors (Lipinski definition) is 0. The standard InChI is InChI=1S/C14H13NO2S/c1-9-3-4-11(8-15-17)7-12(9)14-6-5-13(18-14)10(2)16/h3-7H,8H2,1-2H3. The number of hydrogen-bond acceptors (Lipinski definition) is 4. The molecule has 0 amide bonds. The molecule has 1 aromatic heterocycles. The summed E-state index contributed by atoms with van der Waals surface area (Å²) in [7, 11) is 0. The molecule has 1 heterocycles. The molecule has 3 nitrogen and oxygen atoms in total. The number of carbonyl (C=O) groups excluding carboxylic acids is 1. The molecule has 0 fully saturated rings. The van der Waals surface area contributed by atoms with Crippen LogP contribution in [-0.2, 0) is 6.54 Å². The molecule has 92 valence electrons. The van der Waals surface area contributed by atoms with Crippen LogP contribution >= 0.6 is 11.3 Å². The Kier molecular flexibility index (Phi) is 3.67. The van der Waals surface area contributed by atoms with Crippen molar-refractivity contribution in [2.75, 3.05) is 0 Å². The van der Waals surface area contributed by atoms with Gasteiger partial charge < -0.3 is 0 Å². The lowest BCUT2D eigenvalue weighted by molar-refractivity contribution is 0.102. The van der Waals surface area contributed by atoms with E-state index in [1.54, 1.807) is 6.92 Å². The Bertz CT molecular complexity index is 602. The van der Waals surface area contributed by atoms with Crippen molar-refractivity contribution in [3.63, 3.8) is 0 Å². The molecule has 0 bridgehead atoms. The first-order valence-electron chi connectivity index (χ1n) is 5.61. The van der Waals surface area contributed by atoms with Crippen molar-refractivity contribution < 1.29 is 4.79 Å². The minimum absolute atomic E-state index is 0.0783. The predicted octanol–water partition coefficient (Wildman–Crippen LogP) is 4.19. The van der Waals surface area contributed by atoms with E-state index >= 15 is 0 Å². The van der Waals surface area contributed by atoms with Crippen LogP contribution in [0.25, 0.3) is 10.4 Å². The Morgan fingerprint density at radius 1 is 1.28 bits per heavy atom. The third-order valence-electron chi connectivity index (χ3n) is 2.77. The number of carbonyl (C=O) groups is 1. The number of rotatable bonds is 4. The van der Waals surface area contributed by atoms with Crippen molar-refractivity contribution in [2.24, 2.45) is 5.18 Å². The topological polar surface area (TPSA) is 46.5 Å². The minimum atomic E-state index is 0.0783. The number of thiophene rings is 1. The molecule has 0 N–H and O–H groups in total. The molecule has 0 saturated heterocycles. The van der Waals surface area contributed by atoms with Crippen LogP contribution in [0.1, 0.15) is 27.7 Å². The van der Waals surface area contributed by atoms with Gasteiger partial charge in [0.05, 0.1) is 4.88 Å². The third kappa shape index (κ3) is 2.54. The molecule has 2 rings (SSSR count). The molecule has 0 aliphatic rings. The van der Waals surface area contributed by atoms with E-state index in [0.717, 1.165) is 26.4 Å². The van der Waals surface area contributed by atoms with Gasteiger partial charge in [-0.25, -0.2) is 0 Å². The highest BCUT2D eigenvalue weighted by Gasteiger charge is 2.09. The van der Waals surface area contributed by atoms with E-state index in [9.17, 15) is 9.70 Å². The molecule has 1 aromatic carbocycles. The Morgan fingerprint density at radius 3 is 2.67 bits per heavy atom. The SMILES string of the molecule is CC(=O)c1ccc(-c2cc(CN=O)ccc2C)s1. The van der Waals surface area contributed by atoms with Crippen LogP contribution in [0.15, 0.2) is 35.5 Å². The molecule has 0 radical (unpaired) electrons. The van der Waals surface area contributed by atoms with Gasteiger partial charge in [-0.2, -0.15) is 4.91 Å². The molecular formula is C14H13NO2S. The summed E-state index contributed by atoms with van der Waals surface area (Å²) in [6.07, 6.45) is 0. The number of benzene rings is 1. The third-order valence-corrected chi connectivity index (χ3v) is 3.99. The van der Waals surface area contributed by atoms with Crippen LogP contribution in [0.4, 0.5) is 0 Å². The van der Waals surface area contributed by atoms with E-state index in [1.807, 2.05) is 37.3 Å². The zero-order valence-electron chi connectivity index (χ0n) is 10.3. The molecule has 2 aromatic rings. The average molecular weight is 259 g/mol. The van der Waals surface area contributed by atoms with E-state index < -0.39 is 0 Å². The van der Waals surface area contributed by atoms with E-state index in [4.69, 9.17) is 0 Å². The fourth-order valence-corrected chi connectivity index (χ4v) is 2.76. The Hall–Kier alpha value is -1.81. The lowest BCUT2D eigenvalue weighted by Crippen LogP contribution is -1.86. The summed E-state index contributed by atoms with van der Waals surface area (Å²) in [5, 5.41) is 2.90. The maximum Gasteiger partial charge on any atom is 0.169 e. The average Bonchev–Trinajstić information content (AvgIpc) is 2.81. The number of nitroso groups, excluding NO2 is 1. The maximum absolute atomic E-state index is 11.3. The van der Waals surface area contributed by atoms with Gasteiger partial charge in [0, 0.05) is 4.88 Å². The summed E-state index contributed by atoms with van der Waals surface area (Å²) in [6, 6.07) is 9.63. The van der Waals surface area contributed by atoms with Crippen LogP contribution in [0.3, 0.4) is 0 Å². The van der Waals surface area contributed by atoms with Crippen molar-refractivity contribution in [2.45, 2.75) is 20.4 Å². The maximum atomic E-state index is 11.3. The van der Waals surface area contributed by atoms with Gasteiger partial charge in [0.25, 0.3) is 0 Å². The second-order valence-electron chi connectivity index (χ2n) is 4.16. The van der Waals surface area contributed by atoms with Crippen molar-refractivity contribution >= 4 is 17.1 Å². The van der Waals surface area contributed by atoms with Gasteiger partial charge in [-0.05, 0) is 48.7 Å². The molecule has 0 unspecified atom stereocenters. The Labute approximate surface area is 109 Å². The van der Waals surface area contributed by atoms with Gasteiger partial charge in [-0.3, -0.25) is 4.79 Å². The van der Waals surface area contributed by atoms with Crippen molar-refractivity contribution in [3.05, 3.63) is 51.2 Å². The molecule has 0 aliphatic carbocycles. The Morgan fingerprint density at radius 2 is 2.06 bits per heavy atom. The van der Waals surface area contributed by atoms with Gasteiger partial charge in [-0.15, -0.1) is 11.3 Å². The van der Waals surface area contributed by atoms with Gasteiger partial charge in [0.2, 0.25) is 0 Å². The number of nitrogens with zero attached hydrogens (tertiary/aromatic N) is 1. The largest absolute Gasteiger partial charge is 0.294 e. The number of ketones is 1. The molecule has 0 atom stereocenters. The summed E-state index contributed by atoms with van der Waals surface area (Å²) in [4.78, 5) is 23.4. The van der Waals surface area contributed by atoms with Crippen molar-refractivity contribution in [1.82, 2.24) is 0 Å². The Balaban J connectivity index is 2.44. The number of aryl methyl sites for hydroxylation is 1. The molecule has 18 heavy (non-hydrogen) atoms. The minimum Gasteiger partial charge on any atom is -0.294 e. The highest BCUT2D eigenvalue weighted by atomic mass is 32.1. The van der Waals surface area contributed by atoms with E-state index in [-0.39, 0.29) is 12.3 Å². The first kappa shape index (κ1) is 12.6. The van der Waals surface area contributed by atoms with Crippen LogP contribution in [0, 0.1) is 11.8 Å². The first-order chi connectivity index (χ1) is 8.61. The van der Waals surface area contributed by atoms with Crippen LogP contribution < -0.4 is 0 Å². The highest BCUT2D eigenvalue weighted by Crippen LogP contribution is 2.31. The summed E-state index contributed by atoms with van der Waals surface area (Å²) >= 11 is 1.48. The normalized spacial score (nSPS) is 10.3. The van der Waals surface area contributed by atoms with E-state index in [2.05, 4.69) is 5.18 Å². The van der Waals surface area contributed by atoms with Gasteiger partial charge >= 0.3 is 0 Å². The van der Waals surface area contributed by atoms with Gasteiger partial charge in [-0.1, -0.05) is 17.3 Å². The van der Waals surface area contributed by atoms with Crippen LogP contribution in [0.2, 0.25) is 0 Å². The molecule has 0 spiro atoms. The second kappa shape index (κ2) is 5.23. The fraction of sp³-hybridized carbons (Fsp3) is 0.214. The highest BCUT2D eigenvalue weighted by molar-refractivity contribution is 7.17. The number of Topliss-reactive ketones (excluding diaryl/α,β-unsaturated/α-hetero) is 1. The van der Waals surface area contributed by atoms with Crippen LogP contribution in [-0.4, -0.2) is 5.78 Å². The van der Waals surface area contributed by atoms with Crippen LogP contribution in [0.5, 0.6) is 0 Å². The molecular weight excluding hydrogens is 246 g/mol. The van der Waals surface area contributed by atoms with E-state index in [0.29, 0.717) is 0 Å². The summed E-state index contributed by atoms with van der Waals surface area (Å²) in [5.41, 5.74) is 3.08. The zero-order chi connectivity index (χ0) is 13.1. The predicted molar refractivity (Wildman–Crippen MR) is 74.0 cm³/mol. The molecule has 0 aliphatic heterocycles. The smallest absolute Gasteiger partial charge is 0.169 e. The fourth-order valence-electron chi connectivity index (χ4n) is 1.78. The first-order valence-corrected chi connectivity index (χ1v) is 6.43. The molecule has 0 saturated carbocycles. The quantitative estimate of drug-likeness (QED) is 0.610.